The Hall–Kier alpha value is -3.97. The number of pyridine rings is 1. The topological polar surface area (TPSA) is 69.0 Å². The number of carbonyl (C=O) groups is 1. The normalized spacial score (nSPS) is 10.9. The molecule has 5 rings (SSSR count). The summed E-state index contributed by atoms with van der Waals surface area (Å²) in [4.78, 5) is 21.3. The minimum absolute atomic E-state index is 0.272. The van der Waals surface area contributed by atoms with E-state index < -0.39 is 0 Å². The maximum atomic E-state index is 12.4. The first kappa shape index (κ1) is 20.0. The second-order valence-electron chi connectivity index (χ2n) is 7.20. The van der Waals surface area contributed by atoms with Crippen molar-refractivity contribution in [1.29, 1.82) is 0 Å². The number of ether oxygens (including phenoxy) is 1. The largest absolute Gasteiger partial charge is 0.426 e. The number of fused-ring (bicyclic) bond motifs is 1. The molecule has 0 saturated carbocycles. The third kappa shape index (κ3) is 4.53. The predicted octanol–water partition coefficient (Wildman–Crippen LogP) is 5.90. The van der Waals surface area contributed by atoms with Gasteiger partial charge in [-0.05, 0) is 41.8 Å². The highest BCUT2D eigenvalue weighted by molar-refractivity contribution is 7.14. The van der Waals surface area contributed by atoms with Gasteiger partial charge in [-0.1, -0.05) is 30.3 Å². The van der Waals surface area contributed by atoms with Crippen LogP contribution in [0.3, 0.4) is 0 Å². The van der Waals surface area contributed by atoms with E-state index in [0.717, 1.165) is 33.1 Å². The lowest BCUT2D eigenvalue weighted by atomic mass is 10.2. The van der Waals surface area contributed by atoms with Crippen molar-refractivity contribution in [2.45, 2.75) is 13.0 Å². The summed E-state index contributed by atoms with van der Waals surface area (Å²) in [5.74, 6) is 0.227. The van der Waals surface area contributed by atoms with Crippen molar-refractivity contribution >= 4 is 39.0 Å². The average molecular weight is 441 g/mol. The summed E-state index contributed by atoms with van der Waals surface area (Å²) in [6.45, 7) is 0.569. The van der Waals surface area contributed by atoms with Crippen LogP contribution in [0.5, 0.6) is 5.75 Å². The molecule has 0 spiro atoms. The van der Waals surface area contributed by atoms with E-state index in [0.29, 0.717) is 12.3 Å². The van der Waals surface area contributed by atoms with E-state index in [1.807, 2.05) is 66.2 Å². The molecule has 7 heteroatoms. The number of rotatable bonds is 7. The predicted molar refractivity (Wildman–Crippen MR) is 127 cm³/mol. The molecule has 3 aromatic heterocycles. The zero-order valence-electron chi connectivity index (χ0n) is 17.1. The van der Waals surface area contributed by atoms with Gasteiger partial charge in [0.05, 0.1) is 12.1 Å². The highest BCUT2D eigenvalue weighted by atomic mass is 32.1. The number of esters is 1. The van der Waals surface area contributed by atoms with E-state index in [1.54, 1.807) is 18.3 Å². The maximum Gasteiger partial charge on any atom is 0.312 e. The first-order chi connectivity index (χ1) is 15.7. The summed E-state index contributed by atoms with van der Waals surface area (Å²) in [6, 6.07) is 23.2. The van der Waals surface area contributed by atoms with E-state index in [9.17, 15) is 4.79 Å². The monoisotopic (exact) mass is 440 g/mol. The molecular formula is C25H20N4O2S. The van der Waals surface area contributed by atoms with Gasteiger partial charge in [-0.2, -0.15) is 0 Å². The highest BCUT2D eigenvalue weighted by Crippen LogP contribution is 2.27. The first-order valence-corrected chi connectivity index (χ1v) is 11.1. The van der Waals surface area contributed by atoms with Crippen molar-refractivity contribution in [3.8, 4) is 17.1 Å². The first-order valence-electron chi connectivity index (χ1n) is 10.2. The van der Waals surface area contributed by atoms with Crippen molar-refractivity contribution in [3.05, 3.63) is 90.6 Å². The van der Waals surface area contributed by atoms with Crippen LogP contribution in [0.1, 0.15) is 6.42 Å². The summed E-state index contributed by atoms with van der Waals surface area (Å²) in [5.41, 5.74) is 3.56. The van der Waals surface area contributed by atoms with Crippen molar-refractivity contribution in [2.24, 2.45) is 0 Å². The lowest BCUT2D eigenvalue weighted by Crippen LogP contribution is -2.11. The Kier molecular flexibility index (Phi) is 5.63. The number of nitrogens with zero attached hydrogens (tertiary/aromatic N) is 3. The van der Waals surface area contributed by atoms with Crippen molar-refractivity contribution in [3.63, 3.8) is 0 Å². The number of aryl methyl sites for hydroxylation is 1. The molecule has 5 aromatic rings. The SMILES string of the molecule is O=C(CCn1ccc2ccccc21)Oc1cccc(Nc2nc(-c3ccccn3)cs2)c1. The van der Waals surface area contributed by atoms with Gasteiger partial charge in [0.25, 0.3) is 0 Å². The van der Waals surface area contributed by atoms with Crippen LogP contribution in [0.15, 0.2) is 90.6 Å². The molecule has 2 aromatic carbocycles. The van der Waals surface area contributed by atoms with Crippen molar-refractivity contribution in [1.82, 2.24) is 14.5 Å². The Morgan fingerprint density at radius 1 is 1.00 bits per heavy atom. The highest BCUT2D eigenvalue weighted by Gasteiger charge is 2.09. The van der Waals surface area contributed by atoms with E-state index in [1.165, 1.54) is 11.3 Å². The third-order valence-electron chi connectivity index (χ3n) is 4.99. The number of para-hydroxylation sites is 1. The second-order valence-corrected chi connectivity index (χ2v) is 8.06. The lowest BCUT2D eigenvalue weighted by Gasteiger charge is -2.08. The Labute approximate surface area is 189 Å². The van der Waals surface area contributed by atoms with Crippen LogP contribution in [0, 0.1) is 0 Å². The van der Waals surface area contributed by atoms with Crippen LogP contribution in [0.2, 0.25) is 0 Å². The van der Waals surface area contributed by atoms with Crippen LogP contribution in [0.25, 0.3) is 22.3 Å². The Morgan fingerprint density at radius 3 is 2.81 bits per heavy atom. The van der Waals surface area contributed by atoms with Crippen LogP contribution >= 0.6 is 11.3 Å². The Bertz CT molecular complexity index is 1360. The molecule has 6 nitrogen and oxygen atoms in total. The molecule has 32 heavy (non-hydrogen) atoms. The number of thiazole rings is 1. The number of benzene rings is 2. The molecule has 158 valence electrons. The lowest BCUT2D eigenvalue weighted by molar-refractivity contribution is -0.134. The molecule has 0 saturated heterocycles. The Balaban J connectivity index is 1.20. The average Bonchev–Trinajstić information content (AvgIpc) is 3.46. The summed E-state index contributed by atoms with van der Waals surface area (Å²) in [5, 5.41) is 7.13. The van der Waals surface area contributed by atoms with Gasteiger partial charge >= 0.3 is 5.97 Å². The molecule has 0 unspecified atom stereocenters. The maximum absolute atomic E-state index is 12.4. The van der Waals surface area contributed by atoms with E-state index in [4.69, 9.17) is 4.74 Å². The van der Waals surface area contributed by atoms with Crippen molar-refractivity contribution < 1.29 is 9.53 Å². The minimum atomic E-state index is -0.272. The van der Waals surface area contributed by atoms with Gasteiger partial charge in [0.15, 0.2) is 5.13 Å². The summed E-state index contributed by atoms with van der Waals surface area (Å²) < 4.78 is 7.62. The van der Waals surface area contributed by atoms with Crippen LogP contribution < -0.4 is 10.1 Å². The van der Waals surface area contributed by atoms with E-state index in [-0.39, 0.29) is 12.4 Å². The standard InChI is InChI=1S/C25H20N4O2S/c30-24(12-15-29-14-11-18-6-1-2-10-23(18)29)31-20-8-5-7-19(16-20)27-25-28-22(17-32-25)21-9-3-4-13-26-21/h1-11,13-14,16-17H,12,15H2,(H,27,28). The fraction of sp³-hybridized carbons (Fsp3) is 0.0800. The Morgan fingerprint density at radius 2 is 1.91 bits per heavy atom. The number of anilines is 2. The molecule has 3 heterocycles. The quantitative estimate of drug-likeness (QED) is 0.252. The molecule has 0 amide bonds. The van der Waals surface area contributed by atoms with Gasteiger partial charge in [-0.25, -0.2) is 4.98 Å². The summed E-state index contributed by atoms with van der Waals surface area (Å²) in [7, 11) is 0. The number of hydrogen-bond acceptors (Lipinski definition) is 6. The minimum Gasteiger partial charge on any atom is -0.426 e. The van der Waals surface area contributed by atoms with Gasteiger partial charge in [-0.15, -0.1) is 11.3 Å². The van der Waals surface area contributed by atoms with Gasteiger partial charge in [0.2, 0.25) is 0 Å². The molecule has 0 radical (unpaired) electrons. The molecule has 0 aliphatic heterocycles. The number of hydrogen-bond donors (Lipinski definition) is 1. The van der Waals surface area contributed by atoms with Gasteiger partial charge in [-0.3, -0.25) is 9.78 Å². The molecular weight excluding hydrogens is 420 g/mol. The molecule has 0 fully saturated rings. The molecule has 0 aliphatic rings. The zero-order chi connectivity index (χ0) is 21.8. The van der Waals surface area contributed by atoms with E-state index in [2.05, 4.69) is 25.9 Å². The fourth-order valence-corrected chi connectivity index (χ4v) is 4.18. The van der Waals surface area contributed by atoms with E-state index >= 15 is 0 Å². The van der Waals surface area contributed by atoms with Crippen LogP contribution in [-0.4, -0.2) is 20.5 Å². The van der Waals surface area contributed by atoms with Gasteiger partial charge in [0, 0.05) is 41.6 Å². The molecule has 1 N–H and O–H groups in total. The smallest absolute Gasteiger partial charge is 0.312 e. The molecule has 0 atom stereocenters. The summed E-state index contributed by atoms with van der Waals surface area (Å²) in [6.07, 6.45) is 4.03. The zero-order valence-corrected chi connectivity index (χ0v) is 18.0. The fourth-order valence-electron chi connectivity index (χ4n) is 3.45. The number of aromatic nitrogens is 3. The van der Waals surface area contributed by atoms with Gasteiger partial charge in [0.1, 0.15) is 11.4 Å². The van der Waals surface area contributed by atoms with Gasteiger partial charge < -0.3 is 14.6 Å². The van der Waals surface area contributed by atoms with Crippen molar-refractivity contribution in [2.75, 3.05) is 5.32 Å². The summed E-state index contributed by atoms with van der Waals surface area (Å²) >= 11 is 1.49. The number of carbonyl (C=O) groups excluding carboxylic acids is 1. The molecule has 0 aliphatic carbocycles. The second kappa shape index (κ2) is 9.03. The third-order valence-corrected chi connectivity index (χ3v) is 5.74. The molecule has 0 bridgehead atoms. The van der Waals surface area contributed by atoms with Crippen LogP contribution in [-0.2, 0) is 11.3 Å². The number of nitrogens with one attached hydrogen (secondary N) is 1. The van der Waals surface area contributed by atoms with Crippen LogP contribution in [0.4, 0.5) is 10.8 Å².